The maximum Gasteiger partial charge on any atom is 0.407 e. The summed E-state index contributed by atoms with van der Waals surface area (Å²) >= 11 is 0. The fraction of sp³-hybridized carbons (Fsp3) is 0.500. The number of hydrogen-bond donors (Lipinski definition) is 2. The van der Waals surface area contributed by atoms with Crippen LogP contribution in [0.3, 0.4) is 0 Å². The second kappa shape index (κ2) is 10.9. The molecular weight excluding hydrogens is 410 g/mol. The van der Waals surface area contributed by atoms with Gasteiger partial charge in [-0.15, -0.1) is 0 Å². The maximum absolute atomic E-state index is 13.7. The molecule has 2 N–H and O–H groups in total. The minimum atomic E-state index is -0.635. The minimum Gasteiger partial charge on any atom is -0.444 e. The number of amides is 1. The van der Waals surface area contributed by atoms with Gasteiger partial charge in [-0.05, 0) is 89.2 Å². The van der Waals surface area contributed by atoms with Crippen LogP contribution in [0.4, 0.5) is 13.6 Å². The second-order valence-electron chi connectivity index (χ2n) is 9.72. The van der Waals surface area contributed by atoms with E-state index in [2.05, 4.69) is 55.7 Å². The van der Waals surface area contributed by atoms with E-state index in [1.165, 1.54) is 23.3 Å². The lowest BCUT2D eigenvalue weighted by Crippen LogP contribution is -2.44. The van der Waals surface area contributed by atoms with E-state index in [-0.39, 0.29) is 11.6 Å². The van der Waals surface area contributed by atoms with Gasteiger partial charge < -0.3 is 15.4 Å². The van der Waals surface area contributed by atoms with E-state index in [0.29, 0.717) is 24.9 Å². The van der Waals surface area contributed by atoms with Crippen LogP contribution in [0.2, 0.25) is 0 Å². The molecule has 176 valence electrons. The van der Waals surface area contributed by atoms with Gasteiger partial charge in [0, 0.05) is 17.6 Å². The molecule has 1 atom stereocenters. The molecule has 0 radical (unpaired) electrons. The summed E-state index contributed by atoms with van der Waals surface area (Å²) in [4.78, 5) is 12.3. The van der Waals surface area contributed by atoms with Gasteiger partial charge in [0.2, 0.25) is 0 Å². The molecule has 0 bridgehead atoms. The summed E-state index contributed by atoms with van der Waals surface area (Å²) in [5.41, 5.74) is 2.03. The lowest BCUT2D eigenvalue weighted by molar-refractivity contribution is 0.0501. The predicted molar refractivity (Wildman–Crippen MR) is 125 cm³/mol. The summed E-state index contributed by atoms with van der Waals surface area (Å²) in [6, 6.07) is 11.5. The molecule has 2 aromatic rings. The topological polar surface area (TPSA) is 50.4 Å². The van der Waals surface area contributed by atoms with E-state index in [1.54, 1.807) is 20.8 Å². The zero-order valence-corrected chi connectivity index (χ0v) is 20.0. The lowest BCUT2D eigenvalue weighted by Gasteiger charge is -2.29. The van der Waals surface area contributed by atoms with E-state index >= 15 is 0 Å². The van der Waals surface area contributed by atoms with Gasteiger partial charge in [-0.25, -0.2) is 13.6 Å². The number of carbonyl (C=O) groups is 1. The molecule has 32 heavy (non-hydrogen) atoms. The summed E-state index contributed by atoms with van der Waals surface area (Å²) in [7, 11) is 0. The number of carbonyl (C=O) groups excluding carboxylic acids is 1. The smallest absolute Gasteiger partial charge is 0.407 e. The first-order valence-corrected chi connectivity index (χ1v) is 11.2. The predicted octanol–water partition coefficient (Wildman–Crippen LogP) is 5.88. The van der Waals surface area contributed by atoms with Gasteiger partial charge in [0.15, 0.2) is 0 Å². The molecule has 0 aliphatic heterocycles. The lowest BCUT2D eigenvalue weighted by atomic mass is 9.92. The first-order valence-electron chi connectivity index (χ1n) is 11.2. The van der Waals surface area contributed by atoms with Crippen molar-refractivity contribution < 1.29 is 18.3 Å². The Hall–Kier alpha value is -2.47. The third-order valence-electron chi connectivity index (χ3n) is 5.24. The molecule has 0 heterocycles. The van der Waals surface area contributed by atoms with Crippen LogP contribution in [0.25, 0.3) is 0 Å². The fourth-order valence-corrected chi connectivity index (χ4v) is 3.55. The van der Waals surface area contributed by atoms with Crippen LogP contribution in [-0.2, 0) is 23.1 Å². The first-order chi connectivity index (χ1) is 14.9. The Labute approximate surface area is 190 Å². The molecule has 0 unspecified atom stereocenters. The van der Waals surface area contributed by atoms with Crippen LogP contribution in [0.15, 0.2) is 42.5 Å². The number of halogens is 2. The highest BCUT2D eigenvalue weighted by Gasteiger charge is 2.23. The average Bonchev–Trinajstić information content (AvgIpc) is 2.65. The van der Waals surface area contributed by atoms with Gasteiger partial charge in [-0.3, -0.25) is 0 Å². The van der Waals surface area contributed by atoms with E-state index in [1.807, 2.05) is 0 Å². The normalized spacial score (nSPS) is 13.0. The van der Waals surface area contributed by atoms with Gasteiger partial charge in [0.05, 0.1) is 0 Å². The highest BCUT2D eigenvalue weighted by Crippen LogP contribution is 2.22. The van der Waals surface area contributed by atoms with E-state index in [9.17, 15) is 13.6 Å². The van der Waals surface area contributed by atoms with E-state index in [0.717, 1.165) is 12.5 Å². The Kier molecular flexibility index (Phi) is 8.79. The van der Waals surface area contributed by atoms with Crippen molar-refractivity contribution in [3.8, 4) is 0 Å². The molecule has 6 heteroatoms. The molecule has 0 spiro atoms. The number of nitrogens with one attached hydrogen (secondary N) is 2. The van der Waals surface area contributed by atoms with Gasteiger partial charge in [-0.1, -0.05) is 31.2 Å². The van der Waals surface area contributed by atoms with Gasteiger partial charge in [0.1, 0.15) is 17.2 Å². The molecule has 0 fully saturated rings. The van der Waals surface area contributed by atoms with E-state index < -0.39 is 23.3 Å². The molecule has 2 rings (SSSR count). The largest absolute Gasteiger partial charge is 0.444 e. The molecule has 1 amide bonds. The van der Waals surface area contributed by atoms with E-state index in [4.69, 9.17) is 4.74 Å². The van der Waals surface area contributed by atoms with Crippen molar-refractivity contribution in [2.45, 2.75) is 78.0 Å². The monoisotopic (exact) mass is 446 g/mol. The van der Waals surface area contributed by atoms with Crippen LogP contribution in [0.1, 0.15) is 64.7 Å². The van der Waals surface area contributed by atoms with Crippen molar-refractivity contribution in [3.05, 3.63) is 70.8 Å². The second-order valence-corrected chi connectivity index (χ2v) is 9.72. The highest BCUT2D eigenvalue weighted by molar-refractivity contribution is 5.68. The molecule has 2 aromatic carbocycles. The minimum absolute atomic E-state index is 0.271. The Morgan fingerprint density at radius 2 is 1.66 bits per heavy atom. The number of aryl methyl sites for hydroxylation is 1. The number of alkyl carbamates (subject to hydrolysis) is 1. The zero-order chi connectivity index (χ0) is 23.9. The van der Waals surface area contributed by atoms with Crippen molar-refractivity contribution in [2.75, 3.05) is 6.54 Å². The molecule has 0 aliphatic rings. The summed E-state index contributed by atoms with van der Waals surface area (Å²) < 4.78 is 32.7. The fourth-order valence-electron chi connectivity index (χ4n) is 3.55. The molecule has 0 saturated carbocycles. The van der Waals surface area contributed by atoms with Gasteiger partial charge in [-0.2, -0.15) is 0 Å². The Balaban J connectivity index is 2.08. The van der Waals surface area contributed by atoms with Gasteiger partial charge in [0.25, 0.3) is 0 Å². The number of ether oxygens (including phenoxy) is 1. The Morgan fingerprint density at radius 1 is 1.00 bits per heavy atom. The number of benzene rings is 2. The van der Waals surface area contributed by atoms with Crippen molar-refractivity contribution in [1.82, 2.24) is 10.6 Å². The van der Waals surface area contributed by atoms with Crippen LogP contribution in [0.5, 0.6) is 0 Å². The first kappa shape index (κ1) is 25.8. The van der Waals surface area contributed by atoms with Crippen molar-refractivity contribution in [2.24, 2.45) is 0 Å². The van der Waals surface area contributed by atoms with Crippen molar-refractivity contribution in [3.63, 3.8) is 0 Å². The Morgan fingerprint density at radius 3 is 2.25 bits per heavy atom. The van der Waals surface area contributed by atoms with Gasteiger partial charge >= 0.3 is 6.09 Å². The standard InChI is InChI=1S/C26H36F2N2O2/c1-7-18-9-8-10-20(13-18)26(5,6)29-12-11-23(30-24(31)32-25(2,3)4)16-19-14-21(27)17-22(28)15-19/h8-10,13-15,17,23,29H,7,11-12,16H2,1-6H3,(H,30,31)/t23-/m1/s1. The zero-order valence-electron chi connectivity index (χ0n) is 20.0. The molecule has 0 aliphatic carbocycles. The summed E-state index contributed by atoms with van der Waals surface area (Å²) in [5.74, 6) is -1.27. The summed E-state index contributed by atoms with van der Waals surface area (Å²) in [6.07, 6.45) is 1.28. The Bertz CT molecular complexity index is 887. The van der Waals surface area contributed by atoms with Crippen LogP contribution < -0.4 is 10.6 Å². The number of rotatable bonds is 9. The highest BCUT2D eigenvalue weighted by atomic mass is 19.1. The SMILES string of the molecule is CCc1cccc(C(C)(C)NCC[C@H](Cc2cc(F)cc(F)c2)NC(=O)OC(C)(C)C)c1. The molecular formula is C26H36F2N2O2. The third kappa shape index (κ3) is 8.58. The summed E-state index contributed by atoms with van der Waals surface area (Å²) in [6.45, 7) is 12.3. The molecule has 0 saturated heterocycles. The van der Waals surface area contributed by atoms with Crippen molar-refractivity contribution >= 4 is 6.09 Å². The third-order valence-corrected chi connectivity index (χ3v) is 5.24. The van der Waals surface area contributed by atoms with Crippen LogP contribution >= 0.6 is 0 Å². The summed E-state index contributed by atoms with van der Waals surface area (Å²) in [5, 5.41) is 6.41. The van der Waals surface area contributed by atoms with Crippen LogP contribution in [-0.4, -0.2) is 24.3 Å². The molecule has 0 aromatic heterocycles. The quantitative estimate of drug-likeness (QED) is 0.506. The average molecular weight is 447 g/mol. The maximum atomic E-state index is 13.7. The van der Waals surface area contributed by atoms with Crippen LogP contribution in [0, 0.1) is 11.6 Å². The molecule has 4 nitrogen and oxygen atoms in total. The number of hydrogen-bond acceptors (Lipinski definition) is 3. The van der Waals surface area contributed by atoms with Crippen molar-refractivity contribution in [1.29, 1.82) is 0 Å².